The molecule has 0 saturated carbocycles. The van der Waals surface area contributed by atoms with Crippen LogP contribution in [0.2, 0.25) is 0 Å². The molecule has 10 aromatic rings. The molecule has 0 aliphatic rings. The average molecular weight is 630 g/mol. The van der Waals surface area contributed by atoms with E-state index in [0.29, 0.717) is 5.82 Å². The molecule has 3 heterocycles. The van der Waals surface area contributed by atoms with Gasteiger partial charge in [-0.05, 0) is 41.8 Å². The molecule has 0 radical (unpaired) electrons. The number of nitrogens with zero attached hydrogens (tertiary/aromatic N) is 3. The van der Waals surface area contributed by atoms with Gasteiger partial charge < -0.3 is 4.57 Å². The first kappa shape index (κ1) is 27.1. The van der Waals surface area contributed by atoms with Crippen molar-refractivity contribution < 1.29 is 0 Å². The minimum Gasteiger partial charge on any atom is -0.309 e. The summed E-state index contributed by atoms with van der Waals surface area (Å²) in [4.78, 5) is 10.6. The van der Waals surface area contributed by atoms with E-state index in [2.05, 4.69) is 156 Å². The van der Waals surface area contributed by atoms with Gasteiger partial charge in [0.25, 0.3) is 0 Å². The molecule has 0 unspecified atom stereocenters. The van der Waals surface area contributed by atoms with Crippen LogP contribution in [-0.4, -0.2) is 14.5 Å². The largest absolute Gasteiger partial charge is 0.309 e. The first-order valence-electron chi connectivity index (χ1n) is 16.2. The lowest BCUT2D eigenvalue weighted by atomic mass is 9.96. The van der Waals surface area contributed by atoms with Crippen LogP contribution in [0.25, 0.3) is 92.3 Å². The summed E-state index contributed by atoms with van der Waals surface area (Å²) in [7, 11) is 0. The van der Waals surface area contributed by atoms with E-state index in [0.717, 1.165) is 44.7 Å². The molecule has 0 bridgehead atoms. The Bertz CT molecular complexity index is 2760. The second kappa shape index (κ2) is 10.7. The number of benzene rings is 7. The highest BCUT2D eigenvalue weighted by atomic mass is 32.1. The molecular weight excluding hydrogens is 603 g/mol. The molecule has 0 aliphatic heterocycles. The van der Waals surface area contributed by atoms with E-state index in [1.807, 2.05) is 23.5 Å². The Balaban J connectivity index is 1.40. The summed E-state index contributed by atoms with van der Waals surface area (Å²) in [5.41, 5.74) is 8.40. The van der Waals surface area contributed by atoms with Gasteiger partial charge in [-0.2, -0.15) is 0 Å². The topological polar surface area (TPSA) is 30.7 Å². The SMILES string of the molecule is c1ccc(-c2cc(-c3ccccc3)nc(-c3cc4c(c5ccccc5n4-c4ccccc4)c4c3ccc3c5ccccc5sc34)n2)cc1. The van der Waals surface area contributed by atoms with Crippen LogP contribution in [0, 0.1) is 0 Å². The second-order valence-corrected chi connectivity index (χ2v) is 13.2. The summed E-state index contributed by atoms with van der Waals surface area (Å²) >= 11 is 1.87. The first-order valence-corrected chi connectivity index (χ1v) is 17.0. The fourth-order valence-electron chi connectivity index (χ4n) is 7.26. The minimum absolute atomic E-state index is 0.715. The normalized spacial score (nSPS) is 11.8. The number of fused-ring (bicyclic) bond motifs is 9. The minimum atomic E-state index is 0.715. The molecule has 0 N–H and O–H groups in total. The molecule has 0 spiro atoms. The third-order valence-electron chi connectivity index (χ3n) is 9.40. The summed E-state index contributed by atoms with van der Waals surface area (Å²) in [6.45, 7) is 0. The van der Waals surface area contributed by atoms with Gasteiger partial charge in [-0.1, -0.05) is 127 Å². The fraction of sp³-hybridized carbons (Fsp3) is 0. The van der Waals surface area contributed by atoms with Gasteiger partial charge in [0.15, 0.2) is 5.82 Å². The van der Waals surface area contributed by atoms with Crippen molar-refractivity contribution >= 4 is 64.1 Å². The van der Waals surface area contributed by atoms with Crippen LogP contribution < -0.4 is 0 Å². The van der Waals surface area contributed by atoms with Gasteiger partial charge in [0.2, 0.25) is 0 Å². The molecular formula is C44H27N3S. The van der Waals surface area contributed by atoms with Crippen LogP contribution in [0.4, 0.5) is 0 Å². The fourth-order valence-corrected chi connectivity index (χ4v) is 8.51. The van der Waals surface area contributed by atoms with Crippen molar-refractivity contribution in [3.63, 3.8) is 0 Å². The second-order valence-electron chi connectivity index (χ2n) is 12.2. The van der Waals surface area contributed by atoms with Crippen LogP contribution in [0.5, 0.6) is 0 Å². The third kappa shape index (κ3) is 4.13. The van der Waals surface area contributed by atoms with Crippen molar-refractivity contribution in [2.75, 3.05) is 0 Å². The van der Waals surface area contributed by atoms with E-state index in [1.54, 1.807) is 0 Å². The predicted octanol–water partition coefficient (Wildman–Crippen LogP) is 12.1. The molecule has 0 amide bonds. The molecule has 0 atom stereocenters. The van der Waals surface area contributed by atoms with Crippen LogP contribution in [0.15, 0.2) is 164 Å². The zero-order chi connectivity index (χ0) is 31.6. The van der Waals surface area contributed by atoms with Crippen LogP contribution in [0.1, 0.15) is 0 Å². The van der Waals surface area contributed by atoms with E-state index >= 15 is 0 Å². The van der Waals surface area contributed by atoms with E-state index in [4.69, 9.17) is 9.97 Å². The number of aromatic nitrogens is 3. The number of hydrogen-bond acceptors (Lipinski definition) is 3. The Labute approximate surface area is 281 Å². The van der Waals surface area contributed by atoms with E-state index in [-0.39, 0.29) is 0 Å². The molecule has 0 aliphatic carbocycles. The molecule has 224 valence electrons. The summed E-state index contributed by atoms with van der Waals surface area (Å²) in [6.07, 6.45) is 0. The van der Waals surface area contributed by atoms with Crippen molar-refractivity contribution in [1.82, 2.24) is 14.5 Å². The molecule has 7 aromatic carbocycles. The monoisotopic (exact) mass is 629 g/mol. The molecule has 0 saturated heterocycles. The molecule has 48 heavy (non-hydrogen) atoms. The Hall–Kier alpha value is -6.10. The molecule has 10 rings (SSSR count). The molecule has 0 fully saturated rings. The standard InChI is InChI=1S/C44H27N3S/c1-4-14-28(15-5-1)36-27-37(29-16-6-2-7-17-29)46-44(45-36)35-26-39-41(34-21-10-12-22-38(34)47(39)30-18-8-3-9-19-30)42-32(35)24-25-33-31-20-11-13-23-40(31)48-43(33)42/h1-27H. The zero-order valence-corrected chi connectivity index (χ0v) is 26.7. The van der Waals surface area contributed by atoms with Gasteiger partial charge in [-0.25, -0.2) is 9.97 Å². The smallest absolute Gasteiger partial charge is 0.161 e. The van der Waals surface area contributed by atoms with Crippen molar-refractivity contribution in [3.05, 3.63) is 164 Å². The van der Waals surface area contributed by atoms with Crippen LogP contribution >= 0.6 is 11.3 Å². The summed E-state index contributed by atoms with van der Waals surface area (Å²) in [5, 5.41) is 7.47. The maximum absolute atomic E-state index is 5.32. The highest BCUT2D eigenvalue weighted by molar-refractivity contribution is 7.26. The summed E-state index contributed by atoms with van der Waals surface area (Å²) in [6, 6.07) is 58.1. The zero-order valence-electron chi connectivity index (χ0n) is 25.8. The van der Waals surface area contributed by atoms with Crippen molar-refractivity contribution in [1.29, 1.82) is 0 Å². The highest BCUT2D eigenvalue weighted by Crippen LogP contribution is 2.47. The quantitative estimate of drug-likeness (QED) is 0.194. The lowest BCUT2D eigenvalue weighted by molar-refractivity contribution is 1.17. The Morgan fingerprint density at radius 1 is 0.438 bits per heavy atom. The number of rotatable bonds is 4. The highest BCUT2D eigenvalue weighted by Gasteiger charge is 2.22. The molecule has 4 heteroatoms. The average Bonchev–Trinajstić information content (AvgIpc) is 3.71. The lowest BCUT2D eigenvalue weighted by Gasteiger charge is -2.14. The Morgan fingerprint density at radius 3 is 1.73 bits per heavy atom. The number of thiophene rings is 1. The number of hydrogen-bond donors (Lipinski definition) is 0. The van der Waals surface area contributed by atoms with Gasteiger partial charge in [0, 0.05) is 58.7 Å². The number of para-hydroxylation sites is 2. The summed E-state index contributed by atoms with van der Waals surface area (Å²) < 4.78 is 4.98. The van der Waals surface area contributed by atoms with E-state index in [9.17, 15) is 0 Å². The van der Waals surface area contributed by atoms with E-state index in [1.165, 1.54) is 41.8 Å². The third-order valence-corrected chi connectivity index (χ3v) is 10.6. The van der Waals surface area contributed by atoms with Gasteiger partial charge in [0.05, 0.1) is 22.4 Å². The Morgan fingerprint density at radius 2 is 1.02 bits per heavy atom. The van der Waals surface area contributed by atoms with Gasteiger partial charge in [0.1, 0.15) is 0 Å². The van der Waals surface area contributed by atoms with Gasteiger partial charge >= 0.3 is 0 Å². The van der Waals surface area contributed by atoms with Crippen molar-refractivity contribution in [2.45, 2.75) is 0 Å². The van der Waals surface area contributed by atoms with Crippen molar-refractivity contribution in [3.8, 4) is 39.6 Å². The van der Waals surface area contributed by atoms with Crippen LogP contribution in [-0.2, 0) is 0 Å². The summed E-state index contributed by atoms with van der Waals surface area (Å²) in [5.74, 6) is 0.715. The molecule has 3 aromatic heterocycles. The maximum atomic E-state index is 5.32. The van der Waals surface area contributed by atoms with Crippen molar-refractivity contribution in [2.24, 2.45) is 0 Å². The maximum Gasteiger partial charge on any atom is 0.161 e. The van der Waals surface area contributed by atoms with Gasteiger partial charge in [-0.15, -0.1) is 11.3 Å². The van der Waals surface area contributed by atoms with Gasteiger partial charge in [-0.3, -0.25) is 0 Å². The predicted molar refractivity (Wildman–Crippen MR) is 203 cm³/mol. The Kier molecular flexibility index (Phi) is 6.05. The van der Waals surface area contributed by atoms with E-state index < -0.39 is 0 Å². The van der Waals surface area contributed by atoms with Crippen LogP contribution in [0.3, 0.4) is 0 Å². The first-order chi connectivity index (χ1) is 23.8. The molecule has 3 nitrogen and oxygen atoms in total. The lowest BCUT2D eigenvalue weighted by Crippen LogP contribution is -1.98.